The molecule has 1 saturated carbocycles. The maximum Gasteiger partial charge on any atom is 0.326 e. The maximum atomic E-state index is 13.3. The normalized spacial score (nSPS) is 23.5. The number of rotatable bonds is 3. The van der Waals surface area contributed by atoms with E-state index in [1.807, 2.05) is 30.3 Å². The van der Waals surface area contributed by atoms with Crippen LogP contribution in [0.3, 0.4) is 0 Å². The molecule has 8 nitrogen and oxygen atoms in total. The number of fused-ring (bicyclic) bond motifs is 2. The van der Waals surface area contributed by atoms with Crippen molar-refractivity contribution >= 4 is 22.8 Å². The summed E-state index contributed by atoms with van der Waals surface area (Å²) in [5, 5.41) is 19.0. The van der Waals surface area contributed by atoms with Crippen molar-refractivity contribution in [2.24, 2.45) is 11.8 Å². The lowest BCUT2D eigenvalue weighted by Gasteiger charge is -2.23. The number of hydrogen-bond acceptors (Lipinski definition) is 5. The van der Waals surface area contributed by atoms with Crippen LogP contribution >= 0.6 is 0 Å². The van der Waals surface area contributed by atoms with Gasteiger partial charge in [-0.3, -0.25) is 9.78 Å². The molecule has 5 rings (SSSR count). The summed E-state index contributed by atoms with van der Waals surface area (Å²) in [6.45, 7) is 2.26. The Morgan fingerprint density at radius 1 is 1.17 bits per heavy atom. The second-order valence-corrected chi connectivity index (χ2v) is 7.88. The highest BCUT2D eigenvalue weighted by atomic mass is 16.4. The summed E-state index contributed by atoms with van der Waals surface area (Å²) in [6, 6.07) is 8.72. The predicted octanol–water partition coefficient (Wildman–Crippen LogP) is 2.45. The summed E-state index contributed by atoms with van der Waals surface area (Å²) in [7, 11) is 0. The van der Waals surface area contributed by atoms with Crippen molar-refractivity contribution < 1.29 is 14.7 Å². The molecular formula is C21H21N5O3. The first-order chi connectivity index (χ1) is 14.1. The highest BCUT2D eigenvalue weighted by molar-refractivity contribution is 5.97. The number of carbonyl (C=O) groups is 2. The van der Waals surface area contributed by atoms with Crippen molar-refractivity contribution in [2.45, 2.75) is 32.2 Å². The number of aliphatic carboxylic acids is 1. The Balaban J connectivity index is 1.53. The maximum absolute atomic E-state index is 13.3. The van der Waals surface area contributed by atoms with E-state index in [4.69, 9.17) is 0 Å². The second kappa shape index (κ2) is 6.65. The van der Waals surface area contributed by atoms with Crippen LogP contribution < -0.4 is 0 Å². The Morgan fingerprint density at radius 3 is 2.86 bits per heavy atom. The number of benzene rings is 1. The van der Waals surface area contributed by atoms with Gasteiger partial charge in [0, 0.05) is 18.1 Å². The smallest absolute Gasteiger partial charge is 0.326 e. The lowest BCUT2D eigenvalue weighted by atomic mass is 9.94. The van der Waals surface area contributed by atoms with E-state index in [0.29, 0.717) is 12.2 Å². The lowest BCUT2D eigenvalue weighted by molar-refractivity contribution is -0.142. The molecule has 1 aromatic carbocycles. The Kier molecular flexibility index (Phi) is 4.08. The molecule has 0 spiro atoms. The van der Waals surface area contributed by atoms with E-state index < -0.39 is 12.0 Å². The minimum absolute atomic E-state index is 0.0379. The third-order valence-electron chi connectivity index (χ3n) is 6.35. The van der Waals surface area contributed by atoms with Crippen LogP contribution in [0.5, 0.6) is 0 Å². The fourth-order valence-electron chi connectivity index (χ4n) is 4.99. The highest BCUT2D eigenvalue weighted by Crippen LogP contribution is 2.42. The lowest BCUT2D eigenvalue weighted by Crippen LogP contribution is -2.43. The molecule has 8 heteroatoms. The molecule has 1 N–H and O–H groups in total. The first kappa shape index (κ1) is 17.8. The van der Waals surface area contributed by atoms with E-state index in [0.717, 1.165) is 35.9 Å². The van der Waals surface area contributed by atoms with Gasteiger partial charge in [0.05, 0.1) is 16.9 Å². The van der Waals surface area contributed by atoms with Crippen molar-refractivity contribution in [2.75, 3.05) is 6.54 Å². The number of carboxylic acid groups (broad SMARTS) is 1. The van der Waals surface area contributed by atoms with Crippen molar-refractivity contribution in [1.82, 2.24) is 24.9 Å². The Bertz CT molecular complexity index is 1120. The van der Waals surface area contributed by atoms with Crippen LogP contribution in [-0.4, -0.2) is 54.4 Å². The number of pyridine rings is 1. The van der Waals surface area contributed by atoms with Gasteiger partial charge >= 0.3 is 5.97 Å². The number of hydrogen-bond donors (Lipinski definition) is 1. The Labute approximate surface area is 167 Å². The molecule has 1 saturated heterocycles. The van der Waals surface area contributed by atoms with Crippen molar-refractivity contribution in [1.29, 1.82) is 0 Å². The SMILES string of the molecule is Cc1c(C(=O)N2CC3CCCC3C2C(=O)O)nnn1-c1cccc2ncccc12. The third-order valence-corrected chi connectivity index (χ3v) is 6.35. The first-order valence-corrected chi connectivity index (χ1v) is 9.86. The largest absolute Gasteiger partial charge is 0.480 e. The number of carbonyl (C=O) groups excluding carboxylic acids is 1. The van der Waals surface area contributed by atoms with Gasteiger partial charge in [0.15, 0.2) is 5.69 Å². The monoisotopic (exact) mass is 391 g/mol. The van der Waals surface area contributed by atoms with Crippen molar-refractivity contribution in [3.05, 3.63) is 47.9 Å². The van der Waals surface area contributed by atoms with E-state index >= 15 is 0 Å². The van der Waals surface area contributed by atoms with Crippen LogP contribution in [0.25, 0.3) is 16.6 Å². The van der Waals surface area contributed by atoms with Crippen LogP contribution in [0.2, 0.25) is 0 Å². The fraction of sp³-hybridized carbons (Fsp3) is 0.381. The van der Waals surface area contributed by atoms with Gasteiger partial charge in [0.2, 0.25) is 0 Å². The summed E-state index contributed by atoms with van der Waals surface area (Å²) < 4.78 is 1.63. The summed E-state index contributed by atoms with van der Waals surface area (Å²) in [6.07, 6.45) is 4.60. The van der Waals surface area contributed by atoms with Crippen molar-refractivity contribution in [3.8, 4) is 5.69 Å². The minimum atomic E-state index is -0.932. The van der Waals surface area contributed by atoms with E-state index in [2.05, 4.69) is 15.3 Å². The molecule has 2 aliphatic rings. The van der Waals surface area contributed by atoms with E-state index in [-0.39, 0.29) is 23.4 Å². The minimum Gasteiger partial charge on any atom is -0.480 e. The molecule has 1 aliphatic carbocycles. The van der Waals surface area contributed by atoms with Crippen LogP contribution in [0.4, 0.5) is 0 Å². The highest BCUT2D eigenvalue weighted by Gasteiger charge is 2.50. The topological polar surface area (TPSA) is 101 Å². The van der Waals surface area contributed by atoms with Crippen LogP contribution in [-0.2, 0) is 4.79 Å². The zero-order valence-corrected chi connectivity index (χ0v) is 16.0. The van der Waals surface area contributed by atoms with Gasteiger partial charge in [-0.15, -0.1) is 5.10 Å². The molecule has 1 aliphatic heterocycles. The average molecular weight is 391 g/mol. The zero-order chi connectivity index (χ0) is 20.1. The first-order valence-electron chi connectivity index (χ1n) is 9.86. The van der Waals surface area contributed by atoms with Gasteiger partial charge in [0.1, 0.15) is 6.04 Å². The van der Waals surface area contributed by atoms with E-state index in [1.54, 1.807) is 17.8 Å². The van der Waals surface area contributed by atoms with Gasteiger partial charge in [0.25, 0.3) is 5.91 Å². The van der Waals surface area contributed by atoms with E-state index in [9.17, 15) is 14.7 Å². The molecule has 29 heavy (non-hydrogen) atoms. The molecular weight excluding hydrogens is 370 g/mol. The number of nitrogens with zero attached hydrogens (tertiary/aromatic N) is 5. The summed E-state index contributed by atoms with van der Waals surface area (Å²) >= 11 is 0. The van der Waals surface area contributed by atoms with Crippen LogP contribution in [0, 0.1) is 18.8 Å². The molecule has 0 bridgehead atoms. The third kappa shape index (κ3) is 2.70. The summed E-state index contributed by atoms with van der Waals surface area (Å²) in [4.78, 5) is 31.0. The summed E-state index contributed by atoms with van der Waals surface area (Å²) in [5.41, 5.74) is 2.41. The van der Waals surface area contributed by atoms with Gasteiger partial charge in [-0.2, -0.15) is 0 Å². The molecule has 148 valence electrons. The predicted molar refractivity (Wildman–Crippen MR) is 105 cm³/mol. The van der Waals surface area contributed by atoms with Gasteiger partial charge in [-0.05, 0) is 55.9 Å². The molecule has 2 aromatic heterocycles. The molecule has 0 radical (unpaired) electrons. The second-order valence-electron chi connectivity index (χ2n) is 7.88. The number of amides is 1. The van der Waals surface area contributed by atoms with Crippen LogP contribution in [0.1, 0.15) is 35.4 Å². The van der Waals surface area contributed by atoms with Gasteiger partial charge in [-0.25, -0.2) is 9.48 Å². The number of likely N-dealkylation sites (tertiary alicyclic amines) is 1. The van der Waals surface area contributed by atoms with Crippen molar-refractivity contribution in [3.63, 3.8) is 0 Å². The van der Waals surface area contributed by atoms with Gasteiger partial charge in [-0.1, -0.05) is 17.7 Å². The molecule has 3 heterocycles. The number of carboxylic acids is 1. The Hall–Kier alpha value is -3.29. The van der Waals surface area contributed by atoms with Gasteiger partial charge < -0.3 is 10.0 Å². The molecule has 1 amide bonds. The average Bonchev–Trinajstić information content (AvgIpc) is 3.41. The quantitative estimate of drug-likeness (QED) is 0.736. The Morgan fingerprint density at radius 2 is 2.03 bits per heavy atom. The molecule has 3 atom stereocenters. The summed E-state index contributed by atoms with van der Waals surface area (Å²) in [5.74, 6) is -0.984. The molecule has 3 aromatic rings. The zero-order valence-electron chi connectivity index (χ0n) is 16.0. The van der Waals surface area contributed by atoms with E-state index in [1.165, 1.54) is 4.90 Å². The fourth-order valence-corrected chi connectivity index (χ4v) is 4.99. The van der Waals surface area contributed by atoms with Crippen LogP contribution in [0.15, 0.2) is 36.5 Å². The molecule has 3 unspecified atom stereocenters. The molecule has 2 fully saturated rings. The number of aromatic nitrogens is 4. The standard InChI is InChI=1S/C21H21N5O3/c1-12-18(20(27)25-11-13-5-2-6-14(13)19(25)21(28)29)23-24-26(12)17-9-3-8-16-15(17)7-4-10-22-16/h3-4,7-10,13-14,19H,2,5-6,11H2,1H3,(H,28,29).